The lowest BCUT2D eigenvalue weighted by molar-refractivity contribution is -0.137. The van der Waals surface area contributed by atoms with Gasteiger partial charge in [-0.15, -0.1) is 0 Å². The lowest BCUT2D eigenvalue weighted by Crippen LogP contribution is -2.52. The summed E-state index contributed by atoms with van der Waals surface area (Å²) in [5, 5.41) is 10.4. The molecule has 0 bridgehead atoms. The van der Waals surface area contributed by atoms with Crippen LogP contribution in [0.5, 0.6) is 0 Å². The topological polar surface area (TPSA) is 247 Å². The van der Waals surface area contributed by atoms with Gasteiger partial charge in [-0.3, -0.25) is 48.6 Å². The molecule has 0 radical (unpaired) electrons. The van der Waals surface area contributed by atoms with E-state index in [-0.39, 0.29) is 104 Å². The molecule has 20 heteroatoms. The molecule has 2 saturated heterocycles. The fourth-order valence-electron chi connectivity index (χ4n) is 8.00. The van der Waals surface area contributed by atoms with Crippen LogP contribution in [0.25, 0.3) is 0 Å². The molecule has 2 aromatic rings. The zero-order chi connectivity index (χ0) is 53.1. The Balaban J connectivity index is 0.000000316. The van der Waals surface area contributed by atoms with Crippen LogP contribution in [0.1, 0.15) is 137 Å². The molecule has 2 fully saturated rings. The van der Waals surface area contributed by atoms with Crippen LogP contribution in [0.4, 0.5) is 11.4 Å². The van der Waals surface area contributed by atoms with Crippen LogP contribution in [0.15, 0.2) is 48.7 Å². The van der Waals surface area contributed by atoms with Crippen LogP contribution in [-0.2, 0) is 58.9 Å². The van der Waals surface area contributed by atoms with E-state index in [4.69, 9.17) is 28.4 Å². The molecule has 4 N–H and O–H groups in total. The van der Waals surface area contributed by atoms with Gasteiger partial charge in [-0.2, -0.15) is 0 Å². The largest absolute Gasteiger partial charge is 0.379 e. The second-order valence-corrected chi connectivity index (χ2v) is 20.5. The lowest BCUT2D eigenvalue weighted by atomic mass is 9.93. The molecule has 0 aliphatic carbocycles. The molecule has 2 unspecified atom stereocenters. The Morgan fingerprint density at radius 1 is 0.581 bits per heavy atom. The third-order valence-electron chi connectivity index (χ3n) is 12.1. The first-order valence-corrected chi connectivity index (χ1v) is 25.1. The molecule has 2 atom stereocenters. The standard InChI is InChI=1S/C27H37N3O7.C26H37N3O7.CH4/c1-18-8-9-21(24(32)28-18)30-25(33)19-6-5-7-20(23(19)26(30)34)29-22(31)10-12-35-14-16-37-17-15-36-13-11-27(2,3)4;1-26(2,3)10-12-35-14-16-36-15-13-34-11-9-23(31)27-20-6-4-5-18-19(20)17-29(25(18)33)21-7-8-22(30)28-24(21)32;/h5-7,21H,1,8-17H2,2-4H3,(H,28,32)(H,29,31);4-6,21H,7-17H2,1-3H3,(H,27,31)(H,28,30,32);1H4. The predicted octanol–water partition coefficient (Wildman–Crippen LogP) is 5.79. The number of amides is 8. The van der Waals surface area contributed by atoms with E-state index in [0.717, 1.165) is 17.7 Å². The van der Waals surface area contributed by atoms with Gasteiger partial charge in [-0.1, -0.05) is 67.7 Å². The molecule has 0 spiro atoms. The van der Waals surface area contributed by atoms with E-state index < -0.39 is 35.7 Å². The van der Waals surface area contributed by atoms with Crippen molar-refractivity contribution in [3.63, 3.8) is 0 Å². The third-order valence-corrected chi connectivity index (χ3v) is 12.1. The summed E-state index contributed by atoms with van der Waals surface area (Å²) >= 11 is 0. The Labute approximate surface area is 435 Å². The number of fused-ring (bicyclic) bond motifs is 2. The molecule has 2 aromatic carbocycles. The molecule has 8 amide bonds. The van der Waals surface area contributed by atoms with Gasteiger partial charge in [0.2, 0.25) is 29.5 Å². The highest BCUT2D eigenvalue weighted by Gasteiger charge is 2.45. The fraction of sp³-hybridized carbons (Fsp3) is 0.593. The van der Waals surface area contributed by atoms with Crippen molar-refractivity contribution in [3.8, 4) is 0 Å². The van der Waals surface area contributed by atoms with Crippen molar-refractivity contribution in [1.29, 1.82) is 0 Å². The van der Waals surface area contributed by atoms with Gasteiger partial charge in [0.05, 0.1) is 95.7 Å². The van der Waals surface area contributed by atoms with Gasteiger partial charge in [-0.05, 0) is 67.2 Å². The molecule has 0 saturated carbocycles. The molecule has 408 valence electrons. The van der Waals surface area contributed by atoms with Crippen LogP contribution in [0.2, 0.25) is 0 Å². The second-order valence-electron chi connectivity index (χ2n) is 20.5. The summed E-state index contributed by atoms with van der Waals surface area (Å²) in [5.74, 6) is -3.25. The number of nitrogens with one attached hydrogen (secondary N) is 4. The highest BCUT2D eigenvalue weighted by Crippen LogP contribution is 2.34. The first-order valence-electron chi connectivity index (χ1n) is 25.1. The lowest BCUT2D eigenvalue weighted by Gasteiger charge is -2.29. The second kappa shape index (κ2) is 29.3. The molecule has 4 heterocycles. The quantitative estimate of drug-likeness (QED) is 0.0644. The molecular formula is C54H78N6O14. The van der Waals surface area contributed by atoms with Gasteiger partial charge in [0.15, 0.2) is 0 Å². The minimum atomic E-state index is -0.910. The van der Waals surface area contributed by atoms with E-state index in [9.17, 15) is 38.4 Å². The molecule has 4 aliphatic heterocycles. The molecule has 4 aliphatic rings. The number of hydrogen-bond acceptors (Lipinski definition) is 14. The first-order chi connectivity index (χ1) is 34.7. The Morgan fingerprint density at radius 3 is 1.55 bits per heavy atom. The zero-order valence-corrected chi connectivity index (χ0v) is 43.3. The molecule has 20 nitrogen and oxygen atoms in total. The number of imide groups is 2. The van der Waals surface area contributed by atoms with Gasteiger partial charge in [0.25, 0.3) is 17.7 Å². The molecular weight excluding hydrogens is 957 g/mol. The highest BCUT2D eigenvalue weighted by molar-refractivity contribution is 6.25. The summed E-state index contributed by atoms with van der Waals surface area (Å²) in [6.45, 7) is 22.4. The van der Waals surface area contributed by atoms with E-state index in [2.05, 4.69) is 69.4 Å². The van der Waals surface area contributed by atoms with Crippen LogP contribution in [-0.4, -0.2) is 148 Å². The zero-order valence-electron chi connectivity index (χ0n) is 43.3. The Hall–Kier alpha value is -5.90. The van der Waals surface area contributed by atoms with E-state index in [1.165, 1.54) is 11.0 Å². The number of benzene rings is 2. The van der Waals surface area contributed by atoms with Crippen molar-refractivity contribution >= 4 is 58.6 Å². The SMILES string of the molecule is C.C=C1CCC(N2C(=O)c3cccc(NC(=O)CCOCCOCCOCCC(C)(C)C)c3C2=O)C(=O)N1.CC(C)(C)CCOCCOCCOCCC(=O)Nc1cccc2c1CN(C1CCC(=O)NC1=O)C2=O. The highest BCUT2D eigenvalue weighted by atomic mass is 16.5. The van der Waals surface area contributed by atoms with Gasteiger partial charge in [-0.25, -0.2) is 0 Å². The van der Waals surface area contributed by atoms with Crippen molar-refractivity contribution in [3.05, 3.63) is 70.9 Å². The van der Waals surface area contributed by atoms with Gasteiger partial charge in [0, 0.05) is 48.7 Å². The minimum absolute atomic E-state index is 0. The van der Waals surface area contributed by atoms with Crippen molar-refractivity contribution in [2.45, 2.75) is 119 Å². The average Bonchev–Trinajstić information content (AvgIpc) is 3.79. The van der Waals surface area contributed by atoms with Gasteiger partial charge in [0.1, 0.15) is 12.1 Å². The molecule has 74 heavy (non-hydrogen) atoms. The third kappa shape index (κ3) is 18.8. The number of carbonyl (C=O) groups is 8. The number of nitrogens with zero attached hydrogens (tertiary/aromatic N) is 2. The number of ether oxygens (including phenoxy) is 6. The predicted molar refractivity (Wildman–Crippen MR) is 276 cm³/mol. The van der Waals surface area contributed by atoms with Gasteiger partial charge >= 0.3 is 0 Å². The van der Waals surface area contributed by atoms with Crippen molar-refractivity contribution in [2.24, 2.45) is 10.8 Å². The Morgan fingerprint density at radius 2 is 1.04 bits per heavy atom. The maximum atomic E-state index is 13.1. The maximum absolute atomic E-state index is 13.1. The summed E-state index contributed by atoms with van der Waals surface area (Å²) in [7, 11) is 0. The summed E-state index contributed by atoms with van der Waals surface area (Å²) in [6.07, 6.45) is 3.47. The number of anilines is 2. The minimum Gasteiger partial charge on any atom is -0.379 e. The Kier molecular flexibility index (Phi) is 24.0. The van der Waals surface area contributed by atoms with Crippen molar-refractivity contribution < 1.29 is 66.8 Å². The number of hydrogen-bond donors (Lipinski definition) is 4. The van der Waals surface area contributed by atoms with Crippen molar-refractivity contribution in [1.82, 2.24) is 20.4 Å². The summed E-state index contributed by atoms with van der Waals surface area (Å²) in [4.78, 5) is 102. The normalized spacial score (nSPS) is 17.5. The van der Waals surface area contributed by atoms with Crippen LogP contribution >= 0.6 is 0 Å². The summed E-state index contributed by atoms with van der Waals surface area (Å²) < 4.78 is 32.9. The maximum Gasteiger partial charge on any atom is 0.264 e. The van der Waals surface area contributed by atoms with Crippen molar-refractivity contribution in [2.75, 3.05) is 89.9 Å². The van der Waals surface area contributed by atoms with Crippen LogP contribution in [0, 0.1) is 10.8 Å². The number of piperidine rings is 2. The number of rotatable bonds is 26. The van der Waals surface area contributed by atoms with Crippen LogP contribution in [0.3, 0.4) is 0 Å². The number of allylic oxidation sites excluding steroid dienone is 1. The first kappa shape index (κ1) is 60.7. The Bertz CT molecular complexity index is 2310. The monoisotopic (exact) mass is 1030 g/mol. The van der Waals surface area contributed by atoms with E-state index in [0.29, 0.717) is 101 Å². The fourth-order valence-corrected chi connectivity index (χ4v) is 8.00. The van der Waals surface area contributed by atoms with Crippen LogP contribution < -0.4 is 21.3 Å². The summed E-state index contributed by atoms with van der Waals surface area (Å²) in [6, 6.07) is 8.17. The van der Waals surface area contributed by atoms with E-state index in [1.807, 2.05) is 0 Å². The average molecular weight is 1040 g/mol. The smallest absolute Gasteiger partial charge is 0.264 e. The van der Waals surface area contributed by atoms with E-state index in [1.54, 1.807) is 30.3 Å². The van der Waals surface area contributed by atoms with Gasteiger partial charge < -0.3 is 49.3 Å². The molecule has 0 aromatic heterocycles. The van der Waals surface area contributed by atoms with E-state index >= 15 is 0 Å². The molecule has 6 rings (SSSR count). The number of carbonyl (C=O) groups excluding carboxylic acids is 8. The summed E-state index contributed by atoms with van der Waals surface area (Å²) in [5.41, 5.74) is 3.21.